The molecule has 28 heavy (non-hydrogen) atoms. The van der Waals surface area contributed by atoms with Crippen molar-refractivity contribution >= 4 is 22.8 Å². The molecule has 0 spiro atoms. The van der Waals surface area contributed by atoms with Crippen molar-refractivity contribution in [2.75, 3.05) is 46.9 Å². The number of fused-ring (bicyclic) bond motifs is 1. The number of carbonyl (C=O) groups is 1. The summed E-state index contributed by atoms with van der Waals surface area (Å²) >= 11 is 0. The second kappa shape index (κ2) is 10.1. The van der Waals surface area contributed by atoms with E-state index in [2.05, 4.69) is 56.7 Å². The standard InChI is InChI=1S/C21H31N5O2/c1-25(2)20(27)15-24-21(23-14-17-9-13-28-16-17)22-10-5-11-26-12-8-18-6-3-4-7-19(18)26/h3-4,6-8,12,17H,5,9-11,13-16H2,1-2H3,(H2,22,23,24). The molecule has 2 aromatic rings. The Balaban J connectivity index is 1.49. The molecule has 1 atom stereocenters. The summed E-state index contributed by atoms with van der Waals surface area (Å²) in [5.74, 6) is 1.19. The lowest BCUT2D eigenvalue weighted by molar-refractivity contribution is -0.127. The number of hydrogen-bond donors (Lipinski definition) is 2. The van der Waals surface area contributed by atoms with E-state index in [9.17, 15) is 4.79 Å². The number of amides is 1. The third-order valence-corrected chi connectivity index (χ3v) is 5.00. The minimum absolute atomic E-state index is 0.0101. The monoisotopic (exact) mass is 385 g/mol. The molecule has 1 aliphatic rings. The zero-order valence-electron chi connectivity index (χ0n) is 16.9. The normalized spacial score (nSPS) is 17.1. The van der Waals surface area contributed by atoms with Gasteiger partial charge >= 0.3 is 0 Å². The fourth-order valence-corrected chi connectivity index (χ4v) is 3.24. The molecule has 1 unspecified atom stereocenters. The Morgan fingerprint density at radius 2 is 2.14 bits per heavy atom. The molecule has 1 fully saturated rings. The van der Waals surface area contributed by atoms with E-state index in [1.54, 1.807) is 19.0 Å². The molecule has 1 amide bonds. The van der Waals surface area contributed by atoms with Crippen LogP contribution in [-0.4, -0.2) is 68.3 Å². The molecule has 0 bridgehead atoms. The van der Waals surface area contributed by atoms with Crippen molar-refractivity contribution in [3.05, 3.63) is 36.5 Å². The molecule has 3 rings (SSSR count). The van der Waals surface area contributed by atoms with Gasteiger partial charge in [0.1, 0.15) is 6.54 Å². The van der Waals surface area contributed by atoms with Gasteiger partial charge in [0.15, 0.2) is 5.96 Å². The zero-order chi connectivity index (χ0) is 19.8. The molecule has 1 aliphatic heterocycles. The van der Waals surface area contributed by atoms with Gasteiger partial charge in [-0.2, -0.15) is 0 Å². The Morgan fingerprint density at radius 3 is 2.93 bits per heavy atom. The summed E-state index contributed by atoms with van der Waals surface area (Å²) < 4.78 is 7.70. The van der Waals surface area contributed by atoms with Gasteiger partial charge in [0, 0.05) is 58.0 Å². The van der Waals surface area contributed by atoms with Crippen LogP contribution in [0.4, 0.5) is 0 Å². The van der Waals surface area contributed by atoms with Crippen LogP contribution in [0.1, 0.15) is 12.8 Å². The number of aliphatic imine (C=N–C) groups is 1. The maximum Gasteiger partial charge on any atom is 0.243 e. The van der Waals surface area contributed by atoms with Crippen LogP contribution >= 0.6 is 0 Å². The molecule has 7 heteroatoms. The van der Waals surface area contributed by atoms with Crippen molar-refractivity contribution in [1.29, 1.82) is 0 Å². The highest BCUT2D eigenvalue weighted by atomic mass is 16.5. The molecule has 7 nitrogen and oxygen atoms in total. The van der Waals surface area contributed by atoms with E-state index < -0.39 is 0 Å². The lowest BCUT2D eigenvalue weighted by atomic mass is 10.1. The maximum absolute atomic E-state index is 11.9. The molecule has 1 saturated heterocycles. The molecule has 2 heterocycles. The van der Waals surface area contributed by atoms with E-state index in [0.29, 0.717) is 11.9 Å². The summed E-state index contributed by atoms with van der Waals surface area (Å²) in [5, 5.41) is 7.99. The maximum atomic E-state index is 11.9. The van der Waals surface area contributed by atoms with Gasteiger partial charge < -0.3 is 24.8 Å². The molecule has 1 aromatic carbocycles. The number of benzene rings is 1. The van der Waals surface area contributed by atoms with E-state index >= 15 is 0 Å². The van der Waals surface area contributed by atoms with Crippen molar-refractivity contribution < 1.29 is 9.53 Å². The number of nitrogens with zero attached hydrogens (tertiary/aromatic N) is 3. The second-order valence-electron chi connectivity index (χ2n) is 7.41. The number of likely N-dealkylation sites (N-methyl/N-ethyl adjacent to an activating group) is 1. The minimum Gasteiger partial charge on any atom is -0.381 e. The van der Waals surface area contributed by atoms with Gasteiger partial charge in [-0.1, -0.05) is 18.2 Å². The van der Waals surface area contributed by atoms with Crippen LogP contribution in [-0.2, 0) is 16.1 Å². The smallest absolute Gasteiger partial charge is 0.243 e. The fourth-order valence-electron chi connectivity index (χ4n) is 3.24. The van der Waals surface area contributed by atoms with E-state index in [4.69, 9.17) is 4.74 Å². The highest BCUT2D eigenvalue weighted by Gasteiger charge is 2.16. The highest BCUT2D eigenvalue weighted by molar-refractivity contribution is 5.84. The Bertz CT molecular complexity index is 793. The van der Waals surface area contributed by atoms with Crippen molar-refractivity contribution in [1.82, 2.24) is 20.1 Å². The van der Waals surface area contributed by atoms with Crippen LogP contribution in [0.25, 0.3) is 10.9 Å². The van der Waals surface area contributed by atoms with Crippen LogP contribution < -0.4 is 10.6 Å². The third-order valence-electron chi connectivity index (χ3n) is 5.00. The first-order valence-electron chi connectivity index (χ1n) is 9.97. The summed E-state index contributed by atoms with van der Waals surface area (Å²) in [4.78, 5) is 17.9. The number of aromatic nitrogens is 1. The lowest BCUT2D eigenvalue weighted by Gasteiger charge is -2.16. The number of nitrogens with one attached hydrogen (secondary N) is 2. The summed E-state index contributed by atoms with van der Waals surface area (Å²) in [5.41, 5.74) is 1.26. The summed E-state index contributed by atoms with van der Waals surface area (Å²) in [7, 11) is 3.49. The number of guanidine groups is 1. The van der Waals surface area contributed by atoms with Gasteiger partial charge in [0.25, 0.3) is 0 Å². The molecule has 0 saturated carbocycles. The van der Waals surface area contributed by atoms with E-state index in [-0.39, 0.29) is 12.5 Å². The van der Waals surface area contributed by atoms with Gasteiger partial charge in [-0.15, -0.1) is 0 Å². The Morgan fingerprint density at radius 1 is 1.29 bits per heavy atom. The third kappa shape index (κ3) is 5.73. The first kappa shape index (κ1) is 20.2. The van der Waals surface area contributed by atoms with Gasteiger partial charge in [-0.25, -0.2) is 4.99 Å². The number of hydrogen-bond acceptors (Lipinski definition) is 3. The average Bonchev–Trinajstić information content (AvgIpc) is 3.36. The molecule has 0 aliphatic carbocycles. The van der Waals surface area contributed by atoms with Crippen LogP contribution in [0.5, 0.6) is 0 Å². The Hall–Kier alpha value is -2.54. The van der Waals surface area contributed by atoms with Crippen LogP contribution in [0.3, 0.4) is 0 Å². The Kier molecular flexibility index (Phi) is 7.31. The highest BCUT2D eigenvalue weighted by Crippen LogP contribution is 2.15. The quantitative estimate of drug-likeness (QED) is 0.412. The predicted molar refractivity (Wildman–Crippen MR) is 112 cm³/mol. The van der Waals surface area contributed by atoms with Crippen molar-refractivity contribution in [2.24, 2.45) is 10.9 Å². The van der Waals surface area contributed by atoms with Crippen molar-refractivity contribution in [3.63, 3.8) is 0 Å². The van der Waals surface area contributed by atoms with Crippen molar-refractivity contribution in [2.45, 2.75) is 19.4 Å². The first-order chi connectivity index (χ1) is 13.6. The molecular formula is C21H31N5O2. The number of rotatable bonds is 8. The van der Waals surface area contributed by atoms with Gasteiger partial charge in [-0.3, -0.25) is 4.79 Å². The SMILES string of the molecule is CN(C)C(=O)CN=C(NCCCn1ccc2ccccc21)NCC1CCOC1. The van der Waals surface area contributed by atoms with Crippen LogP contribution in [0.15, 0.2) is 41.5 Å². The molecule has 0 radical (unpaired) electrons. The summed E-state index contributed by atoms with van der Waals surface area (Å²) in [6, 6.07) is 10.6. The van der Waals surface area contributed by atoms with Gasteiger partial charge in [0.2, 0.25) is 5.91 Å². The zero-order valence-corrected chi connectivity index (χ0v) is 16.9. The number of para-hydroxylation sites is 1. The van der Waals surface area contributed by atoms with Gasteiger partial charge in [-0.05, 0) is 30.4 Å². The average molecular weight is 386 g/mol. The van der Waals surface area contributed by atoms with E-state index in [1.165, 1.54) is 10.9 Å². The van der Waals surface area contributed by atoms with Crippen molar-refractivity contribution in [3.8, 4) is 0 Å². The Labute approximate surface area is 166 Å². The molecular weight excluding hydrogens is 354 g/mol. The number of aryl methyl sites for hydroxylation is 1. The molecule has 152 valence electrons. The predicted octanol–water partition coefficient (Wildman–Crippen LogP) is 1.69. The van der Waals surface area contributed by atoms with Crippen LogP contribution in [0.2, 0.25) is 0 Å². The first-order valence-corrected chi connectivity index (χ1v) is 9.97. The van der Waals surface area contributed by atoms with Crippen LogP contribution in [0, 0.1) is 5.92 Å². The van der Waals surface area contributed by atoms with Gasteiger partial charge in [0.05, 0.1) is 6.61 Å². The minimum atomic E-state index is -0.0101. The topological polar surface area (TPSA) is 70.9 Å². The summed E-state index contributed by atoms with van der Waals surface area (Å²) in [6.07, 6.45) is 4.17. The summed E-state index contributed by atoms with van der Waals surface area (Å²) in [6.45, 7) is 4.29. The fraction of sp³-hybridized carbons (Fsp3) is 0.524. The molecule has 2 N–H and O–H groups in total. The lowest BCUT2D eigenvalue weighted by Crippen LogP contribution is -2.41. The molecule has 1 aromatic heterocycles. The largest absolute Gasteiger partial charge is 0.381 e. The number of ether oxygens (including phenoxy) is 1. The van der Waals surface area contributed by atoms with E-state index in [0.717, 1.165) is 45.7 Å². The second-order valence-corrected chi connectivity index (χ2v) is 7.41. The number of carbonyl (C=O) groups excluding carboxylic acids is 1. The van der Waals surface area contributed by atoms with E-state index in [1.807, 2.05) is 0 Å².